The summed E-state index contributed by atoms with van der Waals surface area (Å²) in [5, 5.41) is 2.36. The Bertz CT molecular complexity index is 1570. The number of carbonyl (C=O) groups excluding carboxylic acids is 1. The molecule has 1 aromatic heterocycles. The van der Waals surface area contributed by atoms with Gasteiger partial charge in [0.2, 0.25) is 15.9 Å². The molecule has 3 N–H and O–H groups in total. The van der Waals surface area contributed by atoms with Gasteiger partial charge in [-0.1, -0.05) is 51.1 Å². The van der Waals surface area contributed by atoms with Gasteiger partial charge in [-0.2, -0.15) is 0 Å². The summed E-state index contributed by atoms with van der Waals surface area (Å²) in [6, 6.07) is 22.4. The van der Waals surface area contributed by atoms with E-state index in [-0.39, 0.29) is 11.8 Å². The molecule has 0 bridgehead atoms. The normalized spacial score (nSPS) is 15.1. The lowest BCUT2D eigenvalue weighted by molar-refractivity contribution is -0.115. The zero-order valence-electron chi connectivity index (χ0n) is 23.1. The van der Waals surface area contributed by atoms with Crippen molar-refractivity contribution in [1.29, 1.82) is 0 Å². The minimum Gasteiger partial charge on any atom is -0.378 e. The quantitative estimate of drug-likeness (QED) is 0.272. The second-order valence-corrected chi connectivity index (χ2v) is 13.0. The van der Waals surface area contributed by atoms with Gasteiger partial charge in [0.1, 0.15) is 0 Å². The fourth-order valence-electron chi connectivity index (χ4n) is 4.92. The van der Waals surface area contributed by atoms with Crippen molar-refractivity contribution < 1.29 is 17.9 Å². The Balaban J connectivity index is 1.39. The van der Waals surface area contributed by atoms with Crippen LogP contribution in [0.3, 0.4) is 0 Å². The third-order valence-electron chi connectivity index (χ3n) is 7.27. The number of benzene rings is 3. The number of hydrogen-bond acceptors (Lipinski definition) is 5. The summed E-state index contributed by atoms with van der Waals surface area (Å²) in [4.78, 5) is 19.0. The fraction of sp³-hybridized carbons (Fsp3) is 0.323. The molecule has 40 heavy (non-hydrogen) atoms. The smallest absolute Gasteiger partial charge is 0.245 e. The second kappa shape index (κ2) is 11.3. The van der Waals surface area contributed by atoms with Crippen molar-refractivity contribution >= 4 is 43.9 Å². The maximum absolute atomic E-state index is 13.7. The van der Waals surface area contributed by atoms with E-state index in [0.717, 1.165) is 40.8 Å². The molecule has 1 atom stereocenters. The van der Waals surface area contributed by atoms with Gasteiger partial charge in [0.05, 0.1) is 13.2 Å². The van der Waals surface area contributed by atoms with Crippen LogP contribution >= 0.6 is 0 Å². The van der Waals surface area contributed by atoms with Crippen LogP contribution in [-0.2, 0) is 31.4 Å². The number of amides is 1. The number of sulfonamides is 1. The summed E-state index contributed by atoms with van der Waals surface area (Å²) >= 11 is 0. The van der Waals surface area contributed by atoms with Crippen molar-refractivity contribution in [2.45, 2.75) is 37.9 Å². The third kappa shape index (κ3) is 6.32. The third-order valence-corrected chi connectivity index (χ3v) is 8.92. The van der Waals surface area contributed by atoms with Gasteiger partial charge in [0, 0.05) is 53.7 Å². The van der Waals surface area contributed by atoms with Crippen molar-refractivity contribution in [1.82, 2.24) is 4.98 Å². The molecule has 1 amide bonds. The highest BCUT2D eigenvalue weighted by atomic mass is 32.2. The van der Waals surface area contributed by atoms with E-state index in [2.05, 4.69) is 40.7 Å². The number of aromatic nitrogens is 1. The van der Waals surface area contributed by atoms with E-state index < -0.39 is 21.2 Å². The van der Waals surface area contributed by atoms with E-state index in [4.69, 9.17) is 4.74 Å². The fourth-order valence-corrected chi connectivity index (χ4v) is 6.26. The summed E-state index contributed by atoms with van der Waals surface area (Å²) in [6.45, 7) is 9.26. The Morgan fingerprint density at radius 1 is 0.950 bits per heavy atom. The Kier molecular flexibility index (Phi) is 7.87. The van der Waals surface area contributed by atoms with Crippen molar-refractivity contribution in [2.75, 3.05) is 41.2 Å². The van der Waals surface area contributed by atoms with Crippen LogP contribution in [0.1, 0.15) is 31.9 Å². The highest BCUT2D eigenvalue weighted by molar-refractivity contribution is 7.94. The van der Waals surface area contributed by atoms with Gasteiger partial charge in [-0.3, -0.25) is 9.52 Å². The van der Waals surface area contributed by atoms with Gasteiger partial charge in [-0.05, 0) is 59.0 Å². The number of para-hydroxylation sites is 1. The van der Waals surface area contributed by atoms with Crippen molar-refractivity contribution in [3.05, 3.63) is 90.1 Å². The molecule has 1 aliphatic heterocycles. The second-order valence-electron chi connectivity index (χ2n) is 11.2. The van der Waals surface area contributed by atoms with Gasteiger partial charge in [0.15, 0.2) is 5.25 Å². The van der Waals surface area contributed by atoms with Crippen molar-refractivity contribution in [3.63, 3.8) is 0 Å². The van der Waals surface area contributed by atoms with E-state index in [0.29, 0.717) is 24.6 Å². The first-order valence-corrected chi connectivity index (χ1v) is 15.1. The Morgan fingerprint density at radius 3 is 2.27 bits per heavy atom. The Morgan fingerprint density at radius 2 is 1.60 bits per heavy atom. The van der Waals surface area contributed by atoms with Crippen LogP contribution in [0, 0.1) is 0 Å². The molecule has 0 radical (unpaired) electrons. The number of anilines is 3. The molecule has 1 fully saturated rings. The van der Waals surface area contributed by atoms with E-state index in [9.17, 15) is 13.2 Å². The van der Waals surface area contributed by atoms with Crippen LogP contribution in [0.4, 0.5) is 17.1 Å². The lowest BCUT2D eigenvalue weighted by atomic mass is 9.87. The molecule has 0 unspecified atom stereocenters. The maximum Gasteiger partial charge on any atom is 0.245 e. The van der Waals surface area contributed by atoms with E-state index in [1.165, 1.54) is 0 Å². The number of H-pyrrole nitrogens is 1. The average molecular weight is 561 g/mol. The molecule has 2 heterocycles. The molecule has 210 valence electrons. The summed E-state index contributed by atoms with van der Waals surface area (Å²) in [5.41, 5.74) is 4.65. The molecule has 9 heteroatoms. The van der Waals surface area contributed by atoms with E-state index in [1.807, 2.05) is 48.5 Å². The summed E-state index contributed by atoms with van der Waals surface area (Å²) < 4.78 is 35.6. The van der Waals surface area contributed by atoms with Crippen LogP contribution in [0.5, 0.6) is 0 Å². The topological polar surface area (TPSA) is 104 Å². The van der Waals surface area contributed by atoms with Crippen LogP contribution in [0.15, 0.2) is 79.0 Å². The summed E-state index contributed by atoms with van der Waals surface area (Å²) in [6.07, 6.45) is 1.78. The Labute approximate surface area is 235 Å². The van der Waals surface area contributed by atoms with Gasteiger partial charge in [-0.15, -0.1) is 0 Å². The molecule has 5 rings (SSSR count). The molecular weight excluding hydrogens is 524 g/mol. The number of ether oxygens (including phenoxy) is 1. The molecule has 8 nitrogen and oxygen atoms in total. The first kappa shape index (κ1) is 27.7. The first-order chi connectivity index (χ1) is 19.1. The predicted octanol–water partition coefficient (Wildman–Crippen LogP) is 5.29. The largest absolute Gasteiger partial charge is 0.378 e. The number of carbonyl (C=O) groups is 1. The molecule has 0 aliphatic carbocycles. The monoisotopic (exact) mass is 560 g/mol. The number of rotatable bonds is 8. The molecule has 1 aliphatic rings. The number of aromatic amines is 1. The lowest BCUT2D eigenvalue weighted by Gasteiger charge is -2.29. The average Bonchev–Trinajstić information content (AvgIpc) is 3.35. The van der Waals surface area contributed by atoms with Crippen LogP contribution in [0.25, 0.3) is 10.9 Å². The minimum absolute atomic E-state index is 0.0110. The van der Waals surface area contributed by atoms with Gasteiger partial charge in [-0.25, -0.2) is 8.42 Å². The molecular formula is C31H36N4O4S. The lowest BCUT2D eigenvalue weighted by Crippen LogP contribution is -2.40. The minimum atomic E-state index is -4.11. The number of fused-ring (bicyclic) bond motifs is 1. The molecule has 3 aromatic carbocycles. The highest BCUT2D eigenvalue weighted by Gasteiger charge is 2.34. The maximum atomic E-state index is 13.7. The number of morpholine rings is 1. The van der Waals surface area contributed by atoms with Crippen LogP contribution in [-0.4, -0.2) is 50.9 Å². The zero-order valence-corrected chi connectivity index (χ0v) is 23.9. The predicted molar refractivity (Wildman–Crippen MR) is 162 cm³/mol. The number of nitrogens with one attached hydrogen (secondary N) is 3. The zero-order chi connectivity index (χ0) is 28.3. The standard InChI is InChI=1S/C31H36N4O4S/c1-31(2,3)23-8-10-25(11-9-23)34-40(37,38)29(20-22-21-32-28-7-5-4-6-27(22)28)30(36)33-24-12-14-26(15-13-24)35-16-18-39-19-17-35/h4-15,21,29,32,34H,16-20H2,1-3H3,(H,33,36)/t29-/m0/s1. The number of nitrogens with zero attached hydrogens (tertiary/aromatic N) is 1. The van der Waals surface area contributed by atoms with E-state index in [1.54, 1.807) is 30.5 Å². The van der Waals surface area contributed by atoms with Gasteiger partial charge >= 0.3 is 0 Å². The van der Waals surface area contributed by atoms with Crippen LogP contribution in [0.2, 0.25) is 0 Å². The van der Waals surface area contributed by atoms with Crippen LogP contribution < -0.4 is 14.9 Å². The summed E-state index contributed by atoms with van der Waals surface area (Å²) in [7, 11) is -4.11. The number of hydrogen-bond donors (Lipinski definition) is 3. The Hall–Kier alpha value is -3.82. The molecule has 0 saturated carbocycles. The molecule has 4 aromatic rings. The van der Waals surface area contributed by atoms with Gasteiger partial charge < -0.3 is 19.9 Å². The summed E-state index contributed by atoms with van der Waals surface area (Å²) in [5.74, 6) is -0.594. The van der Waals surface area contributed by atoms with Crippen molar-refractivity contribution in [2.24, 2.45) is 0 Å². The molecule has 0 spiro atoms. The first-order valence-electron chi connectivity index (χ1n) is 13.5. The van der Waals surface area contributed by atoms with Crippen molar-refractivity contribution in [3.8, 4) is 0 Å². The van der Waals surface area contributed by atoms with E-state index >= 15 is 0 Å². The molecule has 1 saturated heterocycles. The SMILES string of the molecule is CC(C)(C)c1ccc(NS(=O)(=O)[C@@H](Cc2c[nH]c3ccccc23)C(=O)Nc2ccc(N3CCOCC3)cc2)cc1. The highest BCUT2D eigenvalue weighted by Crippen LogP contribution is 2.26. The van der Waals surface area contributed by atoms with Gasteiger partial charge in [0.25, 0.3) is 0 Å².